The Morgan fingerprint density at radius 2 is 0.955 bits per heavy atom. The third kappa shape index (κ3) is 2.48. The fourth-order valence-corrected chi connectivity index (χ4v) is 3.72. The van der Waals surface area contributed by atoms with Crippen molar-refractivity contribution in [3.8, 4) is 0 Å². The van der Waals surface area contributed by atoms with Crippen LogP contribution < -0.4 is 0 Å². The molecule has 0 saturated carbocycles. The monoisotopic (exact) mass is 420 g/mol. The van der Waals surface area contributed by atoms with Crippen LogP contribution in [0, 0.1) is 0 Å². The van der Waals surface area contributed by atoms with Gasteiger partial charge in [-0.1, -0.05) is 69.6 Å². The predicted octanol–water partition coefficient (Wildman–Crippen LogP) is 6.16. The first-order chi connectivity index (χ1) is 10.1. The summed E-state index contributed by atoms with van der Waals surface area (Å²) in [7, 11) is 0. The lowest BCUT2D eigenvalue weighted by Crippen LogP contribution is -2.06. The molecule has 2 aromatic carbocycles. The first kappa shape index (κ1) is 17.7. The molecule has 0 bridgehead atoms. The number of carbonyl (C=O) groups is 2. The van der Waals surface area contributed by atoms with E-state index in [4.69, 9.17) is 69.6 Å². The molecule has 0 atom stereocenters. The highest BCUT2D eigenvalue weighted by Crippen LogP contribution is 2.49. The number of benzene rings is 2. The highest BCUT2D eigenvalue weighted by atomic mass is 35.5. The second-order valence-electron chi connectivity index (χ2n) is 3.99. The molecule has 0 aliphatic rings. The summed E-state index contributed by atoms with van der Waals surface area (Å²) >= 11 is 35.7. The standard InChI is InChI=1S/C12H2Cl6O4/c13-5-1-2(6(14)9(17)4(5)12(21)22)7(15)10(18)8(16)3(1)11(19)20/h(H,19,20)(H,21,22). The van der Waals surface area contributed by atoms with E-state index < -0.39 is 28.1 Å². The van der Waals surface area contributed by atoms with E-state index in [0.29, 0.717) is 0 Å². The van der Waals surface area contributed by atoms with Crippen molar-refractivity contribution in [2.45, 2.75) is 0 Å². The fourth-order valence-electron chi connectivity index (χ4n) is 1.92. The average molecular weight is 423 g/mol. The smallest absolute Gasteiger partial charge is 0.338 e. The Balaban J connectivity index is 3.29. The fraction of sp³-hybridized carbons (Fsp3) is 0. The third-order valence-corrected chi connectivity index (χ3v) is 5.38. The molecule has 2 aromatic rings. The molecule has 0 heterocycles. The van der Waals surface area contributed by atoms with Crippen LogP contribution in [0.2, 0.25) is 30.1 Å². The van der Waals surface area contributed by atoms with Crippen LogP contribution in [0.5, 0.6) is 0 Å². The van der Waals surface area contributed by atoms with Gasteiger partial charge in [0.1, 0.15) is 0 Å². The second-order valence-corrected chi connectivity index (χ2v) is 6.26. The molecule has 2 rings (SSSR count). The summed E-state index contributed by atoms with van der Waals surface area (Å²) in [5.41, 5.74) is -1.07. The van der Waals surface area contributed by atoms with E-state index in [1.807, 2.05) is 0 Å². The summed E-state index contributed by atoms with van der Waals surface area (Å²) < 4.78 is 0. The van der Waals surface area contributed by atoms with E-state index in [-0.39, 0.29) is 35.9 Å². The van der Waals surface area contributed by atoms with Crippen molar-refractivity contribution >= 4 is 92.3 Å². The van der Waals surface area contributed by atoms with Gasteiger partial charge in [0, 0.05) is 10.8 Å². The SMILES string of the molecule is O=C(O)c1c(Cl)c(Cl)c2c(Cl)c(Cl)c(Cl)c(C(=O)O)c2c1Cl. The molecule has 0 aliphatic carbocycles. The van der Waals surface area contributed by atoms with Crippen LogP contribution in [-0.4, -0.2) is 22.2 Å². The summed E-state index contributed by atoms with van der Waals surface area (Å²) in [6.07, 6.45) is 0. The number of fused-ring (bicyclic) bond motifs is 1. The Kier molecular flexibility index (Phi) is 4.93. The molecule has 0 unspecified atom stereocenters. The van der Waals surface area contributed by atoms with Crippen LogP contribution in [0.3, 0.4) is 0 Å². The summed E-state index contributed by atoms with van der Waals surface area (Å²) in [6, 6.07) is 0. The van der Waals surface area contributed by atoms with Gasteiger partial charge in [-0.3, -0.25) is 0 Å². The Hall–Kier alpha value is -0.620. The normalized spacial score (nSPS) is 11.0. The van der Waals surface area contributed by atoms with Gasteiger partial charge in [-0.15, -0.1) is 0 Å². The van der Waals surface area contributed by atoms with Crippen molar-refractivity contribution in [2.24, 2.45) is 0 Å². The maximum absolute atomic E-state index is 11.5. The van der Waals surface area contributed by atoms with Crippen molar-refractivity contribution in [1.82, 2.24) is 0 Å². The number of carboxylic acids is 2. The summed E-state index contributed by atoms with van der Waals surface area (Å²) in [6.45, 7) is 0. The lowest BCUT2D eigenvalue weighted by molar-refractivity contribution is 0.0685. The second kappa shape index (κ2) is 6.11. The topological polar surface area (TPSA) is 74.6 Å². The zero-order chi connectivity index (χ0) is 16.9. The summed E-state index contributed by atoms with van der Waals surface area (Å²) in [4.78, 5) is 22.8. The van der Waals surface area contributed by atoms with Gasteiger partial charge >= 0.3 is 11.9 Å². The first-order valence-corrected chi connectivity index (χ1v) is 7.51. The maximum Gasteiger partial charge on any atom is 0.338 e. The van der Waals surface area contributed by atoms with Crippen LogP contribution in [0.15, 0.2) is 0 Å². The molecule has 0 spiro atoms. The molecular weight excluding hydrogens is 421 g/mol. The van der Waals surface area contributed by atoms with Crippen molar-refractivity contribution < 1.29 is 19.8 Å². The minimum absolute atomic E-state index is 0.0878. The van der Waals surface area contributed by atoms with E-state index >= 15 is 0 Å². The molecule has 2 N–H and O–H groups in total. The van der Waals surface area contributed by atoms with Gasteiger partial charge in [0.25, 0.3) is 0 Å². The Labute approximate surface area is 153 Å². The molecule has 0 amide bonds. The first-order valence-electron chi connectivity index (χ1n) is 5.24. The number of rotatable bonds is 2. The van der Waals surface area contributed by atoms with Gasteiger partial charge in [0.15, 0.2) is 0 Å². The van der Waals surface area contributed by atoms with E-state index in [1.54, 1.807) is 0 Å². The molecule has 0 aliphatic heterocycles. The zero-order valence-corrected chi connectivity index (χ0v) is 14.5. The van der Waals surface area contributed by atoms with Crippen molar-refractivity contribution in [3.63, 3.8) is 0 Å². The number of hydrogen-bond donors (Lipinski definition) is 2. The van der Waals surface area contributed by atoms with E-state index in [9.17, 15) is 19.8 Å². The minimum Gasteiger partial charge on any atom is -0.478 e. The molecule has 22 heavy (non-hydrogen) atoms. The zero-order valence-electron chi connectivity index (χ0n) is 9.98. The van der Waals surface area contributed by atoms with Gasteiger partial charge in [-0.05, 0) is 0 Å². The van der Waals surface area contributed by atoms with Gasteiger partial charge in [-0.25, -0.2) is 9.59 Å². The van der Waals surface area contributed by atoms with Crippen molar-refractivity contribution in [2.75, 3.05) is 0 Å². The predicted molar refractivity (Wildman–Crippen MR) is 87.9 cm³/mol. The van der Waals surface area contributed by atoms with Crippen LogP contribution in [-0.2, 0) is 0 Å². The molecule has 4 nitrogen and oxygen atoms in total. The quantitative estimate of drug-likeness (QED) is 0.449. The Morgan fingerprint density at radius 1 is 0.545 bits per heavy atom. The van der Waals surface area contributed by atoms with Gasteiger partial charge in [-0.2, -0.15) is 0 Å². The average Bonchev–Trinajstić information content (AvgIpc) is 2.41. The highest BCUT2D eigenvalue weighted by Gasteiger charge is 2.29. The lowest BCUT2D eigenvalue weighted by Gasteiger charge is -2.15. The molecule has 0 saturated heterocycles. The molecule has 0 aromatic heterocycles. The number of carboxylic acid groups (broad SMARTS) is 2. The van der Waals surface area contributed by atoms with Crippen LogP contribution >= 0.6 is 69.6 Å². The highest BCUT2D eigenvalue weighted by molar-refractivity contribution is 6.57. The van der Waals surface area contributed by atoms with Crippen molar-refractivity contribution in [1.29, 1.82) is 0 Å². The largest absolute Gasteiger partial charge is 0.478 e. The summed E-state index contributed by atoms with van der Waals surface area (Å²) in [5, 5.41) is 16.2. The molecule has 0 radical (unpaired) electrons. The lowest BCUT2D eigenvalue weighted by atomic mass is 10.0. The minimum atomic E-state index is -1.49. The molecule has 116 valence electrons. The van der Waals surface area contributed by atoms with Crippen LogP contribution in [0.4, 0.5) is 0 Å². The molecule has 0 fully saturated rings. The summed E-state index contributed by atoms with van der Waals surface area (Å²) in [5.74, 6) is -2.97. The van der Waals surface area contributed by atoms with Gasteiger partial charge in [0.2, 0.25) is 0 Å². The maximum atomic E-state index is 11.5. The van der Waals surface area contributed by atoms with E-state index in [2.05, 4.69) is 0 Å². The van der Waals surface area contributed by atoms with E-state index in [1.165, 1.54) is 0 Å². The number of halogens is 6. The van der Waals surface area contributed by atoms with E-state index in [0.717, 1.165) is 0 Å². The third-order valence-electron chi connectivity index (χ3n) is 2.82. The number of aromatic carboxylic acids is 2. The number of hydrogen-bond acceptors (Lipinski definition) is 2. The van der Waals surface area contributed by atoms with Crippen LogP contribution in [0.25, 0.3) is 10.8 Å². The van der Waals surface area contributed by atoms with Crippen molar-refractivity contribution in [3.05, 3.63) is 41.3 Å². The Morgan fingerprint density at radius 3 is 1.41 bits per heavy atom. The molecular formula is C12H2Cl6O4. The Bertz CT molecular complexity index is 861. The van der Waals surface area contributed by atoms with Crippen LogP contribution in [0.1, 0.15) is 20.7 Å². The van der Waals surface area contributed by atoms with Gasteiger partial charge in [0.05, 0.1) is 41.3 Å². The van der Waals surface area contributed by atoms with Gasteiger partial charge < -0.3 is 10.2 Å². The molecule has 10 heteroatoms.